The van der Waals surface area contributed by atoms with Crippen molar-refractivity contribution in [2.45, 2.75) is 31.9 Å². The predicted octanol–water partition coefficient (Wildman–Crippen LogP) is 5.33. The minimum atomic E-state index is -4.46. The van der Waals surface area contributed by atoms with Gasteiger partial charge in [0.05, 0.1) is 13.2 Å². The Kier molecular flexibility index (Phi) is 9.01. The largest absolute Gasteiger partial charge is 0.494 e. The first kappa shape index (κ1) is 18.8. The third-order valence-electron chi connectivity index (χ3n) is 2.80. The minimum Gasteiger partial charge on any atom is -0.494 e. The molecule has 1 aromatic rings. The van der Waals surface area contributed by atoms with Crippen molar-refractivity contribution >= 4 is 11.6 Å². The molecule has 0 atom stereocenters. The number of hydrogen-bond acceptors (Lipinski definition) is 2. The van der Waals surface area contributed by atoms with Crippen LogP contribution >= 0.6 is 11.6 Å². The fraction of sp³-hybridized carbons (Fsp3) is 0.500. The van der Waals surface area contributed by atoms with Crippen molar-refractivity contribution in [3.63, 3.8) is 0 Å². The van der Waals surface area contributed by atoms with Crippen molar-refractivity contribution in [3.8, 4) is 5.75 Å². The molecule has 0 heterocycles. The van der Waals surface area contributed by atoms with Gasteiger partial charge in [-0.1, -0.05) is 35.9 Å². The molecule has 0 aliphatic heterocycles. The van der Waals surface area contributed by atoms with Crippen LogP contribution in [-0.2, 0) is 4.74 Å². The lowest BCUT2D eigenvalue weighted by Gasteiger charge is -2.06. The van der Waals surface area contributed by atoms with Crippen molar-refractivity contribution in [3.05, 3.63) is 41.4 Å². The monoisotopic (exact) mass is 336 g/mol. The van der Waals surface area contributed by atoms with Crippen molar-refractivity contribution < 1.29 is 22.6 Å². The van der Waals surface area contributed by atoms with Gasteiger partial charge in [0.25, 0.3) is 0 Å². The number of hydrogen-bond donors (Lipinski definition) is 0. The third-order valence-corrected chi connectivity index (χ3v) is 3.17. The molecule has 2 nitrogen and oxygen atoms in total. The summed E-state index contributed by atoms with van der Waals surface area (Å²) < 4.78 is 47.0. The molecule has 0 N–H and O–H groups in total. The lowest BCUT2D eigenvalue weighted by molar-refractivity contribution is -0.0848. The SMILES string of the molecule is FC(F)(F)C(Cl)=CCCOCCCCCOc1ccccc1. The first-order valence-corrected chi connectivity index (χ1v) is 7.56. The molecule has 0 bridgehead atoms. The van der Waals surface area contributed by atoms with Gasteiger partial charge in [-0.15, -0.1) is 0 Å². The number of alkyl halides is 3. The number of rotatable bonds is 10. The molecule has 0 radical (unpaired) electrons. The summed E-state index contributed by atoms with van der Waals surface area (Å²) in [5.74, 6) is 0.854. The van der Waals surface area contributed by atoms with E-state index in [9.17, 15) is 13.2 Å². The van der Waals surface area contributed by atoms with Crippen molar-refractivity contribution in [1.82, 2.24) is 0 Å². The van der Waals surface area contributed by atoms with Crippen LogP contribution in [0.2, 0.25) is 0 Å². The van der Waals surface area contributed by atoms with Gasteiger partial charge in [0, 0.05) is 6.61 Å². The Morgan fingerprint density at radius 3 is 2.36 bits per heavy atom. The zero-order chi connectivity index (χ0) is 16.3. The highest BCUT2D eigenvalue weighted by Crippen LogP contribution is 2.28. The highest BCUT2D eigenvalue weighted by atomic mass is 35.5. The number of allylic oxidation sites excluding steroid dienone is 1. The minimum absolute atomic E-state index is 0.162. The Hall–Kier alpha value is -1.20. The maximum Gasteiger partial charge on any atom is 0.426 e. The van der Waals surface area contributed by atoms with Crippen molar-refractivity contribution in [1.29, 1.82) is 0 Å². The van der Waals surface area contributed by atoms with Crippen LogP contribution in [0, 0.1) is 0 Å². The molecule has 0 saturated carbocycles. The standard InChI is InChI=1S/C16H20ClF3O2/c17-15(16(18,19)20)10-7-12-21-11-5-2-6-13-22-14-8-3-1-4-9-14/h1,3-4,8-10H,2,5-7,11-13H2. The molecule has 0 aliphatic rings. The first-order chi connectivity index (χ1) is 10.5. The van der Waals surface area contributed by atoms with E-state index in [1.807, 2.05) is 30.3 Å². The Balaban J connectivity index is 1.92. The van der Waals surface area contributed by atoms with E-state index < -0.39 is 11.2 Å². The lowest BCUT2D eigenvalue weighted by Crippen LogP contribution is -2.07. The average molecular weight is 337 g/mol. The smallest absolute Gasteiger partial charge is 0.426 e. The van der Waals surface area contributed by atoms with Crippen LogP contribution < -0.4 is 4.74 Å². The predicted molar refractivity (Wildman–Crippen MR) is 81.2 cm³/mol. The van der Waals surface area contributed by atoms with E-state index in [0.717, 1.165) is 31.1 Å². The Morgan fingerprint density at radius 1 is 1.00 bits per heavy atom. The van der Waals surface area contributed by atoms with E-state index in [4.69, 9.17) is 21.1 Å². The van der Waals surface area contributed by atoms with Gasteiger partial charge in [-0.3, -0.25) is 0 Å². The van der Waals surface area contributed by atoms with Gasteiger partial charge in [-0.25, -0.2) is 0 Å². The molecule has 1 aromatic carbocycles. The zero-order valence-corrected chi connectivity index (χ0v) is 13.0. The van der Waals surface area contributed by atoms with Crippen molar-refractivity contribution in [2.24, 2.45) is 0 Å². The van der Waals surface area contributed by atoms with Crippen LogP contribution in [-0.4, -0.2) is 26.0 Å². The zero-order valence-electron chi connectivity index (χ0n) is 12.2. The Labute approximate surface area is 133 Å². The molecule has 6 heteroatoms. The summed E-state index contributed by atoms with van der Waals surface area (Å²) in [4.78, 5) is 0. The molecule has 22 heavy (non-hydrogen) atoms. The van der Waals surface area contributed by atoms with Crippen LogP contribution in [0.3, 0.4) is 0 Å². The molecular weight excluding hydrogens is 317 g/mol. The number of unbranched alkanes of at least 4 members (excludes halogenated alkanes) is 2. The molecular formula is C16H20ClF3O2. The fourth-order valence-corrected chi connectivity index (χ4v) is 1.79. The molecule has 0 spiro atoms. The summed E-state index contributed by atoms with van der Waals surface area (Å²) in [6, 6.07) is 9.58. The summed E-state index contributed by atoms with van der Waals surface area (Å²) >= 11 is 5.07. The third kappa shape index (κ3) is 8.95. The molecule has 0 fully saturated rings. The highest BCUT2D eigenvalue weighted by Gasteiger charge is 2.31. The van der Waals surface area contributed by atoms with Crippen molar-refractivity contribution in [2.75, 3.05) is 19.8 Å². The average Bonchev–Trinajstić information content (AvgIpc) is 2.49. The van der Waals surface area contributed by atoms with Crippen LogP contribution in [0.15, 0.2) is 41.4 Å². The molecule has 0 unspecified atom stereocenters. The molecule has 0 aromatic heterocycles. The van der Waals surface area contributed by atoms with E-state index in [2.05, 4.69) is 0 Å². The van der Waals surface area contributed by atoms with E-state index >= 15 is 0 Å². The number of ether oxygens (including phenoxy) is 2. The van der Waals surface area contributed by atoms with Crippen LogP contribution in [0.25, 0.3) is 0 Å². The molecule has 124 valence electrons. The van der Waals surface area contributed by atoms with E-state index in [1.54, 1.807) is 0 Å². The summed E-state index contributed by atoms with van der Waals surface area (Å²) in [5, 5.41) is -1.09. The topological polar surface area (TPSA) is 18.5 Å². The number of halogens is 4. The van der Waals surface area contributed by atoms with Gasteiger partial charge in [0.1, 0.15) is 10.8 Å². The fourth-order valence-electron chi connectivity index (χ4n) is 1.68. The van der Waals surface area contributed by atoms with Gasteiger partial charge in [0.2, 0.25) is 0 Å². The second-order valence-corrected chi connectivity index (χ2v) is 5.08. The van der Waals surface area contributed by atoms with Gasteiger partial charge >= 0.3 is 6.18 Å². The molecule has 1 rings (SSSR count). The van der Waals surface area contributed by atoms with E-state index in [1.165, 1.54) is 0 Å². The summed E-state index contributed by atoms with van der Waals surface area (Å²) in [6.07, 6.45) is -0.635. The van der Waals surface area contributed by atoms with Gasteiger partial charge in [-0.05, 0) is 37.8 Å². The Morgan fingerprint density at radius 2 is 1.68 bits per heavy atom. The molecule has 0 amide bonds. The van der Waals surface area contributed by atoms with Crippen LogP contribution in [0.5, 0.6) is 5.75 Å². The van der Waals surface area contributed by atoms with Gasteiger partial charge in [-0.2, -0.15) is 13.2 Å². The second-order valence-electron chi connectivity index (χ2n) is 4.67. The normalized spacial score (nSPS) is 12.5. The quantitative estimate of drug-likeness (QED) is 0.538. The second kappa shape index (κ2) is 10.5. The summed E-state index contributed by atoms with van der Waals surface area (Å²) in [6.45, 7) is 1.42. The lowest BCUT2D eigenvalue weighted by atomic mass is 10.2. The Bertz CT molecular complexity index is 433. The summed E-state index contributed by atoms with van der Waals surface area (Å²) in [7, 11) is 0. The first-order valence-electron chi connectivity index (χ1n) is 7.18. The van der Waals surface area contributed by atoms with Crippen LogP contribution in [0.1, 0.15) is 25.7 Å². The van der Waals surface area contributed by atoms with Crippen LogP contribution in [0.4, 0.5) is 13.2 Å². The number of para-hydroxylation sites is 1. The van der Waals surface area contributed by atoms with Gasteiger partial charge < -0.3 is 9.47 Å². The highest BCUT2D eigenvalue weighted by molar-refractivity contribution is 6.30. The summed E-state index contributed by atoms with van der Waals surface area (Å²) in [5.41, 5.74) is 0. The van der Waals surface area contributed by atoms with Gasteiger partial charge in [0.15, 0.2) is 0 Å². The van der Waals surface area contributed by atoms with E-state index in [-0.39, 0.29) is 13.0 Å². The molecule has 0 saturated heterocycles. The maximum absolute atomic E-state index is 12.1. The number of benzene rings is 1. The van der Waals surface area contributed by atoms with E-state index in [0.29, 0.717) is 13.2 Å². The maximum atomic E-state index is 12.1. The molecule has 0 aliphatic carbocycles.